The summed E-state index contributed by atoms with van der Waals surface area (Å²) in [5.41, 5.74) is 6.81. The monoisotopic (exact) mass is 302 g/mol. The molecule has 0 heterocycles. The zero-order chi connectivity index (χ0) is 14.1. The minimum Gasteiger partial charge on any atom is -0.397 e. The number of nitrogens with two attached hydrogens (primary N) is 1. The fraction of sp³-hybridized carbons (Fsp3) is 0.462. The van der Waals surface area contributed by atoms with Crippen LogP contribution in [0.3, 0.4) is 0 Å². The number of ether oxygens (including phenoxy) is 1. The summed E-state index contributed by atoms with van der Waals surface area (Å²) in [5, 5.41) is 3.29. The predicted molar refractivity (Wildman–Crippen MR) is 82.9 cm³/mol. The number of carbonyl (C=O) groups excluding carboxylic acids is 1. The Hall–Kier alpha value is -0.910. The molecule has 0 spiro atoms. The van der Waals surface area contributed by atoms with Gasteiger partial charge in [-0.15, -0.1) is 0 Å². The molecule has 1 aromatic rings. The molecule has 6 heteroatoms. The number of carbonyl (C=O) groups is 1. The lowest BCUT2D eigenvalue weighted by Gasteiger charge is -2.07. The largest absolute Gasteiger partial charge is 0.397 e. The van der Waals surface area contributed by atoms with E-state index in [1.807, 2.05) is 0 Å². The van der Waals surface area contributed by atoms with Crippen LogP contribution < -0.4 is 11.1 Å². The number of nitrogens with one attached hydrogen (secondary N) is 1. The topological polar surface area (TPSA) is 64.3 Å². The van der Waals surface area contributed by atoms with Gasteiger partial charge in [-0.2, -0.15) is 11.8 Å². The van der Waals surface area contributed by atoms with Gasteiger partial charge in [0.1, 0.15) is 0 Å². The molecule has 3 N–H and O–H groups in total. The number of amides is 1. The fourth-order valence-electron chi connectivity index (χ4n) is 1.42. The molecule has 0 unspecified atom stereocenters. The minimum absolute atomic E-state index is 0.0130. The number of anilines is 2. The molecule has 0 aliphatic heterocycles. The van der Waals surface area contributed by atoms with Crippen LogP contribution in [0.4, 0.5) is 11.4 Å². The molecule has 0 saturated carbocycles. The molecule has 0 atom stereocenters. The number of nitrogen functional groups attached to an aromatic ring is 1. The first-order valence-corrected chi connectivity index (χ1v) is 7.58. The van der Waals surface area contributed by atoms with Crippen molar-refractivity contribution in [2.24, 2.45) is 0 Å². The average molecular weight is 303 g/mol. The molecule has 0 aliphatic rings. The second kappa shape index (κ2) is 9.07. The van der Waals surface area contributed by atoms with E-state index in [4.69, 9.17) is 22.1 Å². The Balaban J connectivity index is 2.21. The van der Waals surface area contributed by atoms with Crippen molar-refractivity contribution in [3.8, 4) is 0 Å². The van der Waals surface area contributed by atoms with Crippen LogP contribution in [0, 0.1) is 0 Å². The lowest BCUT2D eigenvalue weighted by Crippen LogP contribution is -2.12. The molecule has 0 aromatic heterocycles. The van der Waals surface area contributed by atoms with Crippen molar-refractivity contribution in [3.05, 3.63) is 23.2 Å². The van der Waals surface area contributed by atoms with Crippen LogP contribution in [0.2, 0.25) is 5.02 Å². The smallest absolute Gasteiger partial charge is 0.225 e. The van der Waals surface area contributed by atoms with Gasteiger partial charge in [0.2, 0.25) is 5.91 Å². The molecular formula is C13H19ClN2O2S. The Bertz CT molecular complexity index is 416. The third-order valence-corrected chi connectivity index (χ3v) is 3.80. The van der Waals surface area contributed by atoms with Gasteiger partial charge in [-0.3, -0.25) is 4.79 Å². The summed E-state index contributed by atoms with van der Waals surface area (Å²) in [4.78, 5) is 11.7. The van der Waals surface area contributed by atoms with E-state index in [2.05, 4.69) is 5.32 Å². The minimum atomic E-state index is -0.0130. The zero-order valence-corrected chi connectivity index (χ0v) is 12.5. The Morgan fingerprint density at radius 3 is 2.95 bits per heavy atom. The first kappa shape index (κ1) is 16.1. The number of hydrogen-bond acceptors (Lipinski definition) is 4. The van der Waals surface area contributed by atoms with Crippen LogP contribution >= 0.6 is 23.4 Å². The Labute approximate surface area is 123 Å². The van der Waals surface area contributed by atoms with Crippen molar-refractivity contribution < 1.29 is 9.53 Å². The summed E-state index contributed by atoms with van der Waals surface area (Å²) in [6.45, 7) is 0.767. The first-order chi connectivity index (χ1) is 9.13. The van der Waals surface area contributed by atoms with Gasteiger partial charge in [0.25, 0.3) is 0 Å². The van der Waals surface area contributed by atoms with Crippen LogP contribution in [0.5, 0.6) is 0 Å². The molecule has 1 aromatic carbocycles. The Morgan fingerprint density at radius 1 is 1.47 bits per heavy atom. The summed E-state index contributed by atoms with van der Waals surface area (Å²) in [5.74, 6) is 1.80. The third kappa shape index (κ3) is 6.71. The van der Waals surface area contributed by atoms with Crippen molar-refractivity contribution in [1.82, 2.24) is 0 Å². The van der Waals surface area contributed by atoms with Crippen molar-refractivity contribution in [3.63, 3.8) is 0 Å². The Morgan fingerprint density at radius 2 is 2.26 bits per heavy atom. The van der Waals surface area contributed by atoms with Gasteiger partial charge in [-0.1, -0.05) is 11.6 Å². The van der Waals surface area contributed by atoms with Crippen molar-refractivity contribution in [1.29, 1.82) is 0 Å². The Kier molecular flexibility index (Phi) is 7.70. The maximum absolute atomic E-state index is 11.7. The highest BCUT2D eigenvalue weighted by Gasteiger charge is 2.04. The molecule has 19 heavy (non-hydrogen) atoms. The number of benzene rings is 1. The molecule has 106 valence electrons. The van der Waals surface area contributed by atoms with Crippen molar-refractivity contribution in [2.45, 2.75) is 12.8 Å². The van der Waals surface area contributed by atoms with E-state index in [1.165, 1.54) is 0 Å². The molecule has 1 rings (SSSR count). The van der Waals surface area contributed by atoms with Crippen LogP contribution in [0.15, 0.2) is 18.2 Å². The van der Waals surface area contributed by atoms with Crippen LogP contribution in [0.25, 0.3) is 0 Å². The number of methoxy groups -OCH3 is 1. The van der Waals surface area contributed by atoms with E-state index in [-0.39, 0.29) is 5.91 Å². The maximum Gasteiger partial charge on any atom is 0.225 e. The van der Waals surface area contributed by atoms with Gasteiger partial charge >= 0.3 is 0 Å². The predicted octanol–water partition coefficient (Wildman–Crippen LogP) is 3.02. The van der Waals surface area contributed by atoms with E-state index >= 15 is 0 Å². The highest BCUT2D eigenvalue weighted by atomic mass is 35.5. The molecule has 0 aliphatic carbocycles. The summed E-state index contributed by atoms with van der Waals surface area (Å²) >= 11 is 7.56. The van der Waals surface area contributed by atoms with E-state index in [1.54, 1.807) is 37.1 Å². The number of rotatable bonds is 8. The third-order valence-electron chi connectivity index (χ3n) is 2.39. The summed E-state index contributed by atoms with van der Waals surface area (Å²) in [7, 11) is 1.69. The lowest BCUT2D eigenvalue weighted by molar-refractivity contribution is -0.115. The highest BCUT2D eigenvalue weighted by molar-refractivity contribution is 7.99. The van der Waals surface area contributed by atoms with Gasteiger partial charge in [0, 0.05) is 31.6 Å². The molecular weight excluding hydrogens is 284 g/mol. The normalized spacial score (nSPS) is 10.4. The summed E-state index contributed by atoms with van der Waals surface area (Å²) in [6.07, 6.45) is 1.50. The number of hydrogen-bond donors (Lipinski definition) is 2. The second-order valence-electron chi connectivity index (χ2n) is 3.99. The van der Waals surface area contributed by atoms with Gasteiger partial charge in [-0.05, 0) is 30.4 Å². The van der Waals surface area contributed by atoms with E-state index in [0.29, 0.717) is 22.8 Å². The van der Waals surface area contributed by atoms with Gasteiger partial charge in [0.15, 0.2) is 0 Å². The van der Waals surface area contributed by atoms with E-state index in [9.17, 15) is 4.79 Å². The summed E-state index contributed by atoms with van der Waals surface area (Å²) < 4.78 is 4.95. The van der Waals surface area contributed by atoms with Crippen molar-refractivity contribution in [2.75, 3.05) is 36.3 Å². The van der Waals surface area contributed by atoms with Crippen LogP contribution in [0.1, 0.15) is 12.8 Å². The maximum atomic E-state index is 11.7. The van der Waals surface area contributed by atoms with Crippen molar-refractivity contribution >= 4 is 40.6 Å². The van der Waals surface area contributed by atoms with Gasteiger partial charge in [-0.25, -0.2) is 0 Å². The number of thioether (sulfide) groups is 1. The zero-order valence-electron chi connectivity index (χ0n) is 10.9. The van der Waals surface area contributed by atoms with E-state index < -0.39 is 0 Å². The lowest BCUT2D eigenvalue weighted by atomic mass is 10.2. The molecule has 0 radical (unpaired) electrons. The number of halogens is 1. The molecule has 1 amide bonds. The first-order valence-electron chi connectivity index (χ1n) is 6.05. The summed E-state index contributed by atoms with van der Waals surface area (Å²) in [6, 6.07) is 5.07. The van der Waals surface area contributed by atoms with Gasteiger partial charge < -0.3 is 15.8 Å². The van der Waals surface area contributed by atoms with Crippen LogP contribution in [-0.4, -0.2) is 31.1 Å². The molecule has 0 fully saturated rings. The molecule has 0 saturated heterocycles. The van der Waals surface area contributed by atoms with Crippen LogP contribution in [-0.2, 0) is 9.53 Å². The van der Waals surface area contributed by atoms with Gasteiger partial charge in [0.05, 0.1) is 10.7 Å². The highest BCUT2D eigenvalue weighted by Crippen LogP contribution is 2.22. The average Bonchev–Trinajstić information content (AvgIpc) is 2.38. The fourth-order valence-corrected chi connectivity index (χ4v) is 2.39. The molecule has 0 bridgehead atoms. The quantitative estimate of drug-likeness (QED) is 0.572. The standard InChI is InChI=1S/C13H19ClN2O2S/c1-18-6-2-7-19-8-5-13(17)16-10-3-4-11(14)12(15)9-10/h3-4,9H,2,5-8,15H2,1H3,(H,16,17). The van der Waals surface area contributed by atoms with E-state index in [0.717, 1.165) is 24.5 Å². The molecule has 4 nitrogen and oxygen atoms in total. The second-order valence-corrected chi connectivity index (χ2v) is 5.63. The SMILES string of the molecule is COCCCSCCC(=O)Nc1ccc(Cl)c(N)c1.